The Morgan fingerprint density at radius 2 is 1.52 bits per heavy atom. The van der Waals surface area contributed by atoms with Gasteiger partial charge < -0.3 is 9.97 Å². The van der Waals surface area contributed by atoms with Gasteiger partial charge in [0, 0.05) is 6.04 Å². The van der Waals surface area contributed by atoms with Gasteiger partial charge in [0.25, 0.3) is 0 Å². The molecule has 1 aliphatic rings. The predicted octanol–water partition coefficient (Wildman–Crippen LogP) is 2.64. The highest BCUT2D eigenvalue weighted by Gasteiger charge is 2.21. The van der Waals surface area contributed by atoms with E-state index >= 15 is 0 Å². The summed E-state index contributed by atoms with van der Waals surface area (Å²) in [5, 5.41) is 0. The Labute approximate surface area is 135 Å². The molecule has 6 nitrogen and oxygen atoms in total. The van der Waals surface area contributed by atoms with Crippen LogP contribution in [-0.2, 0) is 10.0 Å². The average molecular weight is 337 g/mol. The molecule has 3 N–H and O–H groups in total. The second kappa shape index (κ2) is 6.88. The first-order valence-corrected chi connectivity index (χ1v) is 9.77. The zero-order valence-electron chi connectivity index (χ0n) is 13.1. The summed E-state index contributed by atoms with van der Waals surface area (Å²) in [6, 6.07) is 4.65. The first-order valence-electron chi connectivity index (χ1n) is 8.29. The summed E-state index contributed by atoms with van der Waals surface area (Å²) in [6.07, 6.45) is 8.76. The van der Waals surface area contributed by atoms with E-state index < -0.39 is 10.0 Å². The fourth-order valence-corrected chi connectivity index (χ4v) is 4.55. The number of benzene rings is 1. The van der Waals surface area contributed by atoms with Gasteiger partial charge in [0.05, 0.1) is 15.9 Å². The zero-order valence-corrected chi connectivity index (χ0v) is 13.9. The topological polar surface area (TPSA) is 94.8 Å². The number of aromatic nitrogens is 2. The number of rotatable bonds is 3. The summed E-state index contributed by atoms with van der Waals surface area (Å²) in [6.45, 7) is 0. The first-order chi connectivity index (χ1) is 11.0. The van der Waals surface area contributed by atoms with Gasteiger partial charge in [0.15, 0.2) is 0 Å². The maximum absolute atomic E-state index is 12.6. The smallest absolute Gasteiger partial charge is 0.306 e. The summed E-state index contributed by atoms with van der Waals surface area (Å²) in [5.74, 6) is 0. The fraction of sp³-hybridized carbons (Fsp3) is 0.562. The van der Waals surface area contributed by atoms with Crippen LogP contribution in [0.3, 0.4) is 0 Å². The van der Waals surface area contributed by atoms with Crippen molar-refractivity contribution in [3.63, 3.8) is 0 Å². The first kappa shape index (κ1) is 16.3. The van der Waals surface area contributed by atoms with Gasteiger partial charge in [-0.25, -0.2) is 17.9 Å². The molecule has 1 fully saturated rings. The van der Waals surface area contributed by atoms with Crippen LogP contribution in [-0.4, -0.2) is 24.4 Å². The molecular formula is C16H23N3O3S. The summed E-state index contributed by atoms with van der Waals surface area (Å²) in [7, 11) is -3.57. The van der Waals surface area contributed by atoms with Gasteiger partial charge >= 0.3 is 5.69 Å². The molecule has 0 unspecified atom stereocenters. The van der Waals surface area contributed by atoms with Crippen molar-refractivity contribution in [1.82, 2.24) is 14.7 Å². The highest BCUT2D eigenvalue weighted by molar-refractivity contribution is 7.89. The normalized spacial score (nSPS) is 18.4. The summed E-state index contributed by atoms with van der Waals surface area (Å²) in [5.41, 5.74) is 0.780. The van der Waals surface area contributed by atoms with E-state index in [2.05, 4.69) is 14.7 Å². The minimum absolute atomic E-state index is 0.000860. The standard InChI is InChI=1S/C16H23N3O3S/c20-16-17-14-10-9-13(11-15(14)18-16)23(21,22)19-12-7-5-3-1-2-4-6-8-12/h9-12,19H,1-8H2,(H2,17,18,20). The molecule has 0 atom stereocenters. The Bertz CT molecular complexity index is 812. The Balaban J connectivity index is 1.79. The van der Waals surface area contributed by atoms with Gasteiger partial charge in [-0.2, -0.15) is 0 Å². The second-order valence-electron chi connectivity index (χ2n) is 6.30. The number of hydrogen-bond donors (Lipinski definition) is 3. The molecule has 1 aromatic carbocycles. The monoisotopic (exact) mass is 337 g/mol. The lowest BCUT2D eigenvalue weighted by Gasteiger charge is -2.18. The molecule has 1 heterocycles. The van der Waals surface area contributed by atoms with Gasteiger partial charge in [0.1, 0.15) is 0 Å². The van der Waals surface area contributed by atoms with Gasteiger partial charge in [0.2, 0.25) is 10.0 Å². The third-order valence-electron chi connectivity index (χ3n) is 4.47. The Morgan fingerprint density at radius 1 is 0.913 bits per heavy atom. The van der Waals surface area contributed by atoms with Gasteiger partial charge in [-0.05, 0) is 31.0 Å². The molecule has 23 heavy (non-hydrogen) atoms. The van der Waals surface area contributed by atoms with Crippen molar-refractivity contribution in [2.24, 2.45) is 0 Å². The maximum Gasteiger partial charge on any atom is 0.323 e. The molecule has 1 saturated carbocycles. The Morgan fingerprint density at radius 3 is 2.22 bits per heavy atom. The van der Waals surface area contributed by atoms with E-state index in [1.54, 1.807) is 6.07 Å². The van der Waals surface area contributed by atoms with Crippen molar-refractivity contribution in [2.75, 3.05) is 0 Å². The van der Waals surface area contributed by atoms with Crippen LogP contribution in [0.25, 0.3) is 11.0 Å². The summed E-state index contributed by atoms with van der Waals surface area (Å²) < 4.78 is 28.1. The molecule has 2 aromatic rings. The van der Waals surface area contributed by atoms with Crippen LogP contribution >= 0.6 is 0 Å². The van der Waals surface area contributed by atoms with Crippen LogP contribution in [0.5, 0.6) is 0 Å². The molecule has 0 spiro atoms. The average Bonchev–Trinajstić information content (AvgIpc) is 2.92. The lowest BCUT2D eigenvalue weighted by Crippen LogP contribution is -2.34. The van der Waals surface area contributed by atoms with Crippen LogP contribution in [0.15, 0.2) is 27.9 Å². The van der Waals surface area contributed by atoms with E-state index in [0.717, 1.165) is 25.7 Å². The van der Waals surface area contributed by atoms with E-state index in [0.29, 0.717) is 11.0 Å². The number of imidazole rings is 1. The SMILES string of the molecule is O=c1[nH]c2ccc(S(=O)(=O)NC3CCCCCCCC3)cc2[nH]1. The van der Waals surface area contributed by atoms with Gasteiger partial charge in [-0.3, -0.25) is 0 Å². The largest absolute Gasteiger partial charge is 0.323 e. The van der Waals surface area contributed by atoms with Gasteiger partial charge in [-0.15, -0.1) is 0 Å². The van der Waals surface area contributed by atoms with Crippen LogP contribution in [0.4, 0.5) is 0 Å². The van der Waals surface area contributed by atoms with E-state index in [1.165, 1.54) is 37.8 Å². The quantitative estimate of drug-likeness (QED) is 0.803. The zero-order chi connectivity index (χ0) is 16.3. The van der Waals surface area contributed by atoms with Gasteiger partial charge in [-0.1, -0.05) is 38.5 Å². The highest BCUT2D eigenvalue weighted by atomic mass is 32.2. The maximum atomic E-state index is 12.6. The minimum atomic E-state index is -3.57. The van der Waals surface area contributed by atoms with E-state index in [1.807, 2.05) is 0 Å². The number of sulfonamides is 1. The molecule has 126 valence electrons. The van der Waals surface area contributed by atoms with Crippen molar-refractivity contribution >= 4 is 21.1 Å². The lowest BCUT2D eigenvalue weighted by molar-refractivity contribution is 0.482. The molecule has 1 aromatic heterocycles. The van der Waals surface area contributed by atoms with Crippen LogP contribution in [0, 0.1) is 0 Å². The molecule has 1 aliphatic carbocycles. The summed E-state index contributed by atoms with van der Waals surface area (Å²) >= 11 is 0. The highest BCUT2D eigenvalue weighted by Crippen LogP contribution is 2.20. The van der Waals surface area contributed by atoms with Crippen LogP contribution in [0.1, 0.15) is 51.4 Å². The Hall–Kier alpha value is -1.60. The molecule has 0 radical (unpaired) electrons. The number of nitrogens with one attached hydrogen (secondary N) is 3. The molecule has 7 heteroatoms. The second-order valence-corrected chi connectivity index (χ2v) is 8.02. The molecule has 0 saturated heterocycles. The predicted molar refractivity (Wildman–Crippen MR) is 90.0 cm³/mol. The molecule has 0 bridgehead atoms. The van der Waals surface area contributed by atoms with Crippen molar-refractivity contribution in [1.29, 1.82) is 0 Å². The third-order valence-corrected chi connectivity index (χ3v) is 5.99. The minimum Gasteiger partial charge on any atom is -0.306 e. The van der Waals surface area contributed by atoms with E-state index in [-0.39, 0.29) is 16.6 Å². The van der Waals surface area contributed by atoms with Crippen LogP contribution in [0.2, 0.25) is 0 Å². The number of hydrogen-bond acceptors (Lipinski definition) is 3. The molecular weight excluding hydrogens is 314 g/mol. The number of fused-ring (bicyclic) bond motifs is 1. The van der Waals surface area contributed by atoms with E-state index in [9.17, 15) is 13.2 Å². The molecule has 0 aliphatic heterocycles. The fourth-order valence-electron chi connectivity index (χ4n) is 3.22. The van der Waals surface area contributed by atoms with Crippen molar-refractivity contribution in [3.8, 4) is 0 Å². The number of H-pyrrole nitrogens is 2. The lowest BCUT2D eigenvalue weighted by atomic mass is 10.1. The van der Waals surface area contributed by atoms with Crippen molar-refractivity contribution in [2.45, 2.75) is 62.3 Å². The number of aromatic amines is 2. The third kappa shape index (κ3) is 4.03. The van der Waals surface area contributed by atoms with Crippen molar-refractivity contribution < 1.29 is 8.42 Å². The van der Waals surface area contributed by atoms with Crippen molar-refractivity contribution in [3.05, 3.63) is 28.7 Å². The molecule has 3 rings (SSSR count). The Kier molecular flexibility index (Phi) is 4.87. The van der Waals surface area contributed by atoms with Crippen LogP contribution < -0.4 is 10.4 Å². The van der Waals surface area contributed by atoms with E-state index in [4.69, 9.17) is 0 Å². The summed E-state index contributed by atoms with van der Waals surface area (Å²) in [4.78, 5) is 16.7. The molecule has 0 amide bonds.